The molecule has 0 saturated carbocycles. The molecule has 174 valence electrons. The Labute approximate surface area is 194 Å². The number of hydrogen-bond acceptors (Lipinski definition) is 5. The molecule has 0 spiro atoms. The first-order chi connectivity index (χ1) is 15.8. The number of anilines is 2. The van der Waals surface area contributed by atoms with E-state index >= 15 is 0 Å². The molecule has 2 heterocycles. The van der Waals surface area contributed by atoms with Gasteiger partial charge in [0.1, 0.15) is 6.54 Å². The van der Waals surface area contributed by atoms with Gasteiger partial charge in [0.15, 0.2) is 0 Å². The normalized spacial score (nSPS) is 20.2. The zero-order chi connectivity index (χ0) is 23.2. The van der Waals surface area contributed by atoms with Crippen LogP contribution < -0.4 is 10.2 Å². The number of piperazine rings is 1. The van der Waals surface area contributed by atoms with Crippen molar-refractivity contribution in [2.45, 2.75) is 37.1 Å². The molecule has 1 atom stereocenters. The summed E-state index contributed by atoms with van der Waals surface area (Å²) in [5.74, 6) is -0.383. The zero-order valence-electron chi connectivity index (χ0n) is 18.7. The molecule has 5 rings (SSSR count). The smallest absolute Gasteiger partial charge is 0.244 e. The average molecular weight is 469 g/mol. The third-order valence-corrected chi connectivity index (χ3v) is 8.82. The fraction of sp³-hybridized carbons (Fsp3) is 0.417. The summed E-state index contributed by atoms with van der Waals surface area (Å²) in [4.78, 5) is 29.3. The van der Waals surface area contributed by atoms with Crippen LogP contribution in [0.15, 0.2) is 47.4 Å². The molecule has 1 N–H and O–H groups in total. The van der Waals surface area contributed by atoms with Crippen molar-refractivity contribution in [3.8, 4) is 0 Å². The van der Waals surface area contributed by atoms with Crippen LogP contribution in [0.1, 0.15) is 24.5 Å². The Morgan fingerprint density at radius 1 is 1.00 bits per heavy atom. The third kappa shape index (κ3) is 4.05. The molecular weight excluding hydrogens is 440 g/mol. The van der Waals surface area contributed by atoms with Crippen LogP contribution in [0.4, 0.5) is 11.4 Å². The van der Waals surface area contributed by atoms with E-state index in [1.807, 2.05) is 42.2 Å². The Bertz CT molecular complexity index is 1200. The second kappa shape index (κ2) is 8.55. The van der Waals surface area contributed by atoms with Gasteiger partial charge in [-0.3, -0.25) is 19.4 Å². The number of sulfonamides is 1. The fourth-order valence-corrected chi connectivity index (χ4v) is 6.47. The molecule has 0 unspecified atom stereocenters. The van der Waals surface area contributed by atoms with E-state index < -0.39 is 16.1 Å². The van der Waals surface area contributed by atoms with E-state index in [4.69, 9.17) is 0 Å². The van der Waals surface area contributed by atoms with E-state index in [0.29, 0.717) is 42.4 Å². The summed E-state index contributed by atoms with van der Waals surface area (Å²) < 4.78 is 27.9. The monoisotopic (exact) mass is 468 g/mol. The Kier molecular flexibility index (Phi) is 5.72. The molecular formula is C24H28N4O4S. The van der Waals surface area contributed by atoms with E-state index in [0.717, 1.165) is 24.8 Å². The number of nitrogens with zero attached hydrogens (tertiary/aromatic N) is 3. The van der Waals surface area contributed by atoms with Crippen LogP contribution in [0.3, 0.4) is 0 Å². The first-order valence-corrected chi connectivity index (χ1v) is 12.8. The van der Waals surface area contributed by atoms with Gasteiger partial charge in [0.2, 0.25) is 21.8 Å². The summed E-state index contributed by atoms with van der Waals surface area (Å²) in [5, 5.41) is 2.80. The molecule has 9 heteroatoms. The number of aryl methyl sites for hydroxylation is 2. The number of carbonyl (C=O) groups is 2. The van der Waals surface area contributed by atoms with Crippen molar-refractivity contribution >= 4 is 33.2 Å². The minimum Gasteiger partial charge on any atom is -0.323 e. The highest BCUT2D eigenvalue weighted by molar-refractivity contribution is 7.89. The highest BCUT2D eigenvalue weighted by Gasteiger charge is 2.36. The van der Waals surface area contributed by atoms with Crippen LogP contribution >= 0.6 is 0 Å². The van der Waals surface area contributed by atoms with Crippen molar-refractivity contribution in [3.63, 3.8) is 0 Å². The number of carbonyl (C=O) groups excluding carboxylic acids is 2. The first kappa shape index (κ1) is 22.1. The number of hydrogen-bond donors (Lipinski definition) is 1. The van der Waals surface area contributed by atoms with E-state index in [2.05, 4.69) is 5.32 Å². The number of benzene rings is 2. The van der Waals surface area contributed by atoms with Gasteiger partial charge in [0, 0.05) is 26.2 Å². The van der Waals surface area contributed by atoms with E-state index in [9.17, 15) is 18.0 Å². The largest absolute Gasteiger partial charge is 0.323 e. The lowest BCUT2D eigenvalue weighted by Gasteiger charge is -2.39. The number of fused-ring (bicyclic) bond motifs is 2. The minimum atomic E-state index is -3.56. The van der Waals surface area contributed by atoms with Gasteiger partial charge in [-0.05, 0) is 61.6 Å². The lowest BCUT2D eigenvalue weighted by atomic mass is 10.1. The second-order valence-electron chi connectivity index (χ2n) is 8.89. The van der Waals surface area contributed by atoms with Gasteiger partial charge < -0.3 is 5.32 Å². The number of amides is 2. The van der Waals surface area contributed by atoms with Crippen molar-refractivity contribution in [3.05, 3.63) is 53.6 Å². The molecule has 2 aliphatic heterocycles. The van der Waals surface area contributed by atoms with Crippen LogP contribution in [-0.4, -0.2) is 68.2 Å². The average Bonchev–Trinajstić information content (AvgIpc) is 3.30. The summed E-state index contributed by atoms with van der Waals surface area (Å²) in [6, 6.07) is 12.3. The number of rotatable bonds is 4. The standard InChI is InChI=1S/C24H28N4O4S/c1-17(24(30)28-16-23(29)25-21-7-2-3-8-22(21)28)26-11-13-27(14-12-26)33(31,32)20-10-9-18-5-4-6-19(18)15-20/h2-3,7-10,15,17H,4-6,11-14,16H2,1H3,(H,25,29)/t17-/m0/s1. The zero-order valence-corrected chi connectivity index (χ0v) is 19.5. The van der Waals surface area contributed by atoms with Crippen LogP contribution in [0, 0.1) is 0 Å². The highest BCUT2D eigenvalue weighted by atomic mass is 32.2. The Balaban J connectivity index is 1.26. The molecule has 3 aliphatic rings. The molecule has 0 aromatic heterocycles. The lowest BCUT2D eigenvalue weighted by Crippen LogP contribution is -2.56. The number of para-hydroxylation sites is 2. The molecule has 2 aromatic carbocycles. The molecule has 0 bridgehead atoms. The van der Waals surface area contributed by atoms with Crippen molar-refractivity contribution in [1.29, 1.82) is 0 Å². The predicted octanol–water partition coefficient (Wildman–Crippen LogP) is 1.86. The van der Waals surface area contributed by atoms with Crippen molar-refractivity contribution < 1.29 is 18.0 Å². The lowest BCUT2D eigenvalue weighted by molar-refractivity contribution is -0.125. The van der Waals surface area contributed by atoms with Crippen molar-refractivity contribution in [2.24, 2.45) is 0 Å². The molecule has 2 amide bonds. The number of nitrogens with one attached hydrogen (secondary N) is 1. The van der Waals surface area contributed by atoms with Gasteiger partial charge in [-0.25, -0.2) is 8.42 Å². The molecule has 1 fully saturated rings. The van der Waals surface area contributed by atoms with E-state index in [-0.39, 0.29) is 18.4 Å². The van der Waals surface area contributed by atoms with Gasteiger partial charge in [-0.15, -0.1) is 0 Å². The van der Waals surface area contributed by atoms with Crippen LogP contribution in [0.5, 0.6) is 0 Å². The van der Waals surface area contributed by atoms with Gasteiger partial charge in [0.25, 0.3) is 0 Å². The minimum absolute atomic E-state index is 0.0210. The third-order valence-electron chi connectivity index (χ3n) is 6.92. The second-order valence-corrected chi connectivity index (χ2v) is 10.8. The quantitative estimate of drug-likeness (QED) is 0.740. The van der Waals surface area contributed by atoms with Crippen LogP contribution in [-0.2, 0) is 32.5 Å². The summed E-state index contributed by atoms with van der Waals surface area (Å²) in [6.45, 7) is 3.37. The molecule has 1 saturated heterocycles. The van der Waals surface area contributed by atoms with Gasteiger partial charge in [-0.1, -0.05) is 18.2 Å². The summed E-state index contributed by atoms with van der Waals surface area (Å²) >= 11 is 0. The maximum Gasteiger partial charge on any atom is 0.244 e. The fourth-order valence-electron chi connectivity index (χ4n) is 5.00. The molecule has 1 aliphatic carbocycles. The first-order valence-electron chi connectivity index (χ1n) is 11.4. The highest BCUT2D eigenvalue weighted by Crippen LogP contribution is 2.30. The van der Waals surface area contributed by atoms with Gasteiger partial charge >= 0.3 is 0 Å². The SMILES string of the molecule is C[C@@H](C(=O)N1CC(=O)Nc2ccccc21)N1CCN(S(=O)(=O)c2ccc3c(c2)CCC3)CC1. The van der Waals surface area contributed by atoms with Crippen molar-refractivity contribution in [1.82, 2.24) is 9.21 Å². The van der Waals surface area contributed by atoms with E-state index in [1.165, 1.54) is 14.8 Å². The maximum atomic E-state index is 13.3. The summed E-state index contributed by atoms with van der Waals surface area (Å²) in [7, 11) is -3.56. The van der Waals surface area contributed by atoms with Gasteiger partial charge in [0.05, 0.1) is 22.3 Å². The van der Waals surface area contributed by atoms with Gasteiger partial charge in [-0.2, -0.15) is 4.31 Å². The Hall–Kier alpha value is -2.75. The molecule has 0 radical (unpaired) electrons. The predicted molar refractivity (Wildman–Crippen MR) is 126 cm³/mol. The summed E-state index contributed by atoms with van der Waals surface area (Å²) in [6.07, 6.45) is 3.03. The van der Waals surface area contributed by atoms with E-state index in [1.54, 1.807) is 12.1 Å². The Morgan fingerprint density at radius 3 is 2.52 bits per heavy atom. The maximum absolute atomic E-state index is 13.3. The molecule has 8 nitrogen and oxygen atoms in total. The van der Waals surface area contributed by atoms with Crippen LogP contribution in [0.2, 0.25) is 0 Å². The molecule has 2 aromatic rings. The molecule has 33 heavy (non-hydrogen) atoms. The summed E-state index contributed by atoms with van der Waals surface area (Å²) in [5.41, 5.74) is 3.70. The topological polar surface area (TPSA) is 90.0 Å². The van der Waals surface area contributed by atoms with Crippen molar-refractivity contribution in [2.75, 3.05) is 42.9 Å². The Morgan fingerprint density at radius 2 is 1.73 bits per heavy atom. The van der Waals surface area contributed by atoms with Crippen LogP contribution in [0.25, 0.3) is 0 Å².